The third kappa shape index (κ3) is 2.90. The summed E-state index contributed by atoms with van der Waals surface area (Å²) in [4.78, 5) is 38.5. The number of rotatable bonds is 4. The zero-order valence-corrected chi connectivity index (χ0v) is 10.4. The van der Waals surface area contributed by atoms with Crippen LogP contribution in [0.3, 0.4) is 0 Å². The van der Waals surface area contributed by atoms with E-state index in [2.05, 4.69) is 9.57 Å². The molecule has 0 bridgehead atoms. The summed E-state index contributed by atoms with van der Waals surface area (Å²) >= 11 is 0. The largest absolute Gasteiger partial charge is 0.533 e. The first-order valence-electron chi connectivity index (χ1n) is 5.99. The van der Waals surface area contributed by atoms with Gasteiger partial charge in [-0.3, -0.25) is 14.4 Å². The fourth-order valence-electron chi connectivity index (χ4n) is 1.95. The molecule has 1 aliphatic carbocycles. The molecule has 1 aromatic rings. The molecule has 0 saturated heterocycles. The number of aromatic hydroxyl groups is 2. The van der Waals surface area contributed by atoms with Gasteiger partial charge >= 0.3 is 6.16 Å². The van der Waals surface area contributed by atoms with Gasteiger partial charge in [0.1, 0.15) is 11.6 Å². The number of carbonyl (C=O) groups excluding carboxylic acids is 3. The molecule has 2 rings (SSSR count). The summed E-state index contributed by atoms with van der Waals surface area (Å²) in [6, 6.07) is 2.25. The number of aromatic nitrogens is 1. The Morgan fingerprint density at radius 2 is 1.75 bits per heavy atom. The molecule has 1 aliphatic rings. The second-order valence-electron chi connectivity index (χ2n) is 4.31. The van der Waals surface area contributed by atoms with Gasteiger partial charge in [-0.15, -0.1) is 4.73 Å². The zero-order chi connectivity index (χ0) is 14.7. The molecule has 0 atom stereocenters. The lowest BCUT2D eigenvalue weighted by molar-refractivity contribution is -0.127. The zero-order valence-electron chi connectivity index (χ0n) is 10.4. The van der Waals surface area contributed by atoms with Gasteiger partial charge in [-0.1, -0.05) is 0 Å². The molecular formula is C12H13NO7. The van der Waals surface area contributed by atoms with E-state index in [1.54, 1.807) is 0 Å². The minimum atomic E-state index is -1.16. The maximum absolute atomic E-state index is 11.3. The summed E-state index contributed by atoms with van der Waals surface area (Å²) < 4.78 is 5.16. The number of hydrogen-bond donors (Lipinski definition) is 2. The van der Waals surface area contributed by atoms with Crippen LogP contribution < -0.4 is 4.84 Å². The summed E-state index contributed by atoms with van der Waals surface area (Å²) in [5.74, 6) is -1.95. The quantitative estimate of drug-likeness (QED) is 0.607. The van der Waals surface area contributed by atoms with Crippen LogP contribution in [0, 0.1) is 5.92 Å². The average Bonchev–Trinajstić information content (AvgIpc) is 2.88. The van der Waals surface area contributed by atoms with Gasteiger partial charge in [-0.25, -0.2) is 4.79 Å². The van der Waals surface area contributed by atoms with Crippen molar-refractivity contribution in [2.75, 3.05) is 6.61 Å². The average molecular weight is 283 g/mol. The van der Waals surface area contributed by atoms with E-state index in [4.69, 9.17) is 0 Å². The molecule has 20 heavy (non-hydrogen) atoms. The summed E-state index contributed by atoms with van der Waals surface area (Å²) in [6.45, 7) is -0.163. The van der Waals surface area contributed by atoms with Crippen molar-refractivity contribution in [3.8, 4) is 11.8 Å². The van der Waals surface area contributed by atoms with Crippen LogP contribution in [-0.2, 0) is 14.3 Å². The summed E-state index contributed by atoms with van der Waals surface area (Å²) in [5.41, 5.74) is 0. The first-order chi connectivity index (χ1) is 9.49. The molecular weight excluding hydrogens is 270 g/mol. The van der Waals surface area contributed by atoms with Crippen LogP contribution in [0.5, 0.6) is 11.8 Å². The molecule has 1 heterocycles. The minimum absolute atomic E-state index is 0.108. The molecule has 8 nitrogen and oxygen atoms in total. The van der Waals surface area contributed by atoms with Crippen LogP contribution in [0.1, 0.15) is 19.3 Å². The Kier molecular flexibility index (Phi) is 3.92. The van der Waals surface area contributed by atoms with Gasteiger partial charge in [-0.2, -0.15) is 0 Å². The highest BCUT2D eigenvalue weighted by molar-refractivity contribution is 6.08. The van der Waals surface area contributed by atoms with Gasteiger partial charge in [-0.05, 0) is 6.42 Å². The van der Waals surface area contributed by atoms with Crippen molar-refractivity contribution in [1.29, 1.82) is 0 Å². The smallest absolute Gasteiger partial charge is 0.492 e. The van der Waals surface area contributed by atoms with Gasteiger partial charge in [0.15, 0.2) is 0 Å². The number of nitrogens with zero attached hydrogens (tertiary/aromatic N) is 1. The Bertz CT molecular complexity index is 513. The second kappa shape index (κ2) is 5.64. The summed E-state index contributed by atoms with van der Waals surface area (Å²) in [7, 11) is 0. The van der Waals surface area contributed by atoms with Crippen molar-refractivity contribution >= 4 is 17.7 Å². The van der Waals surface area contributed by atoms with Crippen molar-refractivity contribution in [2.45, 2.75) is 19.3 Å². The molecule has 1 aromatic heterocycles. The minimum Gasteiger partial charge on any atom is -0.492 e. The molecule has 2 N–H and O–H groups in total. The molecule has 0 amide bonds. The molecule has 0 aliphatic heterocycles. The van der Waals surface area contributed by atoms with Crippen LogP contribution in [0.4, 0.5) is 4.79 Å². The van der Waals surface area contributed by atoms with Crippen LogP contribution in [0.15, 0.2) is 12.1 Å². The van der Waals surface area contributed by atoms with E-state index in [1.807, 2.05) is 0 Å². The monoisotopic (exact) mass is 283 g/mol. The fraction of sp³-hybridized carbons (Fsp3) is 0.417. The van der Waals surface area contributed by atoms with E-state index in [-0.39, 0.29) is 37.4 Å². The SMILES string of the molecule is O=C(OCCC1C(=O)CCC1=O)On1c(O)ccc1O. The van der Waals surface area contributed by atoms with E-state index in [9.17, 15) is 24.6 Å². The Hall–Kier alpha value is -2.51. The maximum Gasteiger partial charge on any atom is 0.533 e. The lowest BCUT2D eigenvalue weighted by Gasteiger charge is -2.09. The Balaban J connectivity index is 1.79. The van der Waals surface area contributed by atoms with Crippen LogP contribution in [0.25, 0.3) is 0 Å². The first-order valence-corrected chi connectivity index (χ1v) is 5.99. The molecule has 0 spiro atoms. The van der Waals surface area contributed by atoms with Crippen molar-refractivity contribution < 1.29 is 34.2 Å². The highest BCUT2D eigenvalue weighted by Gasteiger charge is 2.32. The van der Waals surface area contributed by atoms with Gasteiger partial charge in [0.25, 0.3) is 0 Å². The van der Waals surface area contributed by atoms with E-state index in [0.29, 0.717) is 4.73 Å². The Morgan fingerprint density at radius 3 is 2.30 bits per heavy atom. The van der Waals surface area contributed by atoms with Gasteiger partial charge in [0.05, 0.1) is 12.5 Å². The molecule has 0 unspecified atom stereocenters. The van der Waals surface area contributed by atoms with Gasteiger partial charge in [0, 0.05) is 25.0 Å². The third-order valence-corrected chi connectivity index (χ3v) is 2.99. The Labute approximate surface area is 113 Å². The summed E-state index contributed by atoms with van der Waals surface area (Å²) in [6.07, 6.45) is -0.584. The lowest BCUT2D eigenvalue weighted by atomic mass is 10.0. The lowest BCUT2D eigenvalue weighted by Crippen LogP contribution is -2.23. The summed E-state index contributed by atoms with van der Waals surface area (Å²) in [5, 5.41) is 18.5. The number of ether oxygens (including phenoxy) is 1. The van der Waals surface area contributed by atoms with Crippen molar-refractivity contribution in [3.63, 3.8) is 0 Å². The second-order valence-corrected chi connectivity index (χ2v) is 4.31. The van der Waals surface area contributed by atoms with Crippen LogP contribution in [-0.4, -0.2) is 39.3 Å². The van der Waals surface area contributed by atoms with E-state index >= 15 is 0 Å². The van der Waals surface area contributed by atoms with E-state index in [0.717, 1.165) is 12.1 Å². The van der Waals surface area contributed by atoms with Gasteiger partial charge < -0.3 is 14.9 Å². The van der Waals surface area contributed by atoms with Crippen LogP contribution >= 0.6 is 0 Å². The molecule has 0 radical (unpaired) electrons. The molecule has 108 valence electrons. The molecule has 8 heteroatoms. The number of Topliss-reactive ketones (excluding diaryl/α,β-unsaturated/α-hetero) is 2. The first kappa shape index (κ1) is 13.9. The molecule has 1 saturated carbocycles. The predicted octanol–water partition coefficient (Wildman–Crippen LogP) is 0.403. The normalized spacial score (nSPS) is 15.6. The Morgan fingerprint density at radius 1 is 1.20 bits per heavy atom. The number of hydrogen-bond acceptors (Lipinski definition) is 7. The highest BCUT2D eigenvalue weighted by Crippen LogP contribution is 2.21. The van der Waals surface area contributed by atoms with Crippen molar-refractivity contribution in [2.24, 2.45) is 5.92 Å². The number of carbonyl (C=O) groups is 3. The third-order valence-electron chi connectivity index (χ3n) is 2.99. The topological polar surface area (TPSA) is 115 Å². The van der Waals surface area contributed by atoms with Crippen molar-refractivity contribution in [3.05, 3.63) is 12.1 Å². The standard InChI is InChI=1S/C12H13NO7/c14-8-1-2-9(15)7(8)5-6-19-12(18)20-13-10(16)3-4-11(13)17/h3-4,7,16-17H,1-2,5-6H2. The highest BCUT2D eigenvalue weighted by atomic mass is 16.8. The van der Waals surface area contributed by atoms with Crippen LogP contribution in [0.2, 0.25) is 0 Å². The maximum atomic E-state index is 11.3. The van der Waals surface area contributed by atoms with E-state index < -0.39 is 23.8 Å². The number of ketones is 2. The molecule has 1 fully saturated rings. The fourth-order valence-corrected chi connectivity index (χ4v) is 1.95. The predicted molar refractivity (Wildman–Crippen MR) is 63.0 cm³/mol. The molecule has 0 aromatic carbocycles. The van der Waals surface area contributed by atoms with Gasteiger partial charge in [0.2, 0.25) is 11.8 Å². The van der Waals surface area contributed by atoms with Crippen molar-refractivity contribution in [1.82, 2.24) is 4.73 Å². The van der Waals surface area contributed by atoms with E-state index in [1.165, 1.54) is 0 Å².